The van der Waals surface area contributed by atoms with Crippen LogP contribution in [0.3, 0.4) is 0 Å². The molecule has 0 aliphatic rings. The number of benzene rings is 2. The lowest BCUT2D eigenvalue weighted by Crippen LogP contribution is -2.47. The fourth-order valence-corrected chi connectivity index (χ4v) is 3.52. The zero-order valence-electron chi connectivity index (χ0n) is 10.1. The van der Waals surface area contributed by atoms with Crippen LogP contribution in [0.5, 0.6) is 11.5 Å². The molecule has 0 bridgehead atoms. The molecule has 0 aliphatic heterocycles. The van der Waals surface area contributed by atoms with Gasteiger partial charge in [0.05, 0.1) is 0 Å². The lowest BCUT2D eigenvalue weighted by Gasteiger charge is -2.24. The minimum atomic E-state index is -1.95. The Balaban J connectivity index is 2.21. The molecule has 0 heterocycles. The summed E-state index contributed by atoms with van der Waals surface area (Å²) >= 11 is 0. The maximum Gasteiger partial charge on any atom is 0.276 e. The average molecular weight is 244 g/mol. The van der Waals surface area contributed by atoms with Gasteiger partial charge in [-0.1, -0.05) is 30.3 Å². The first-order valence-electron chi connectivity index (χ1n) is 5.61. The van der Waals surface area contributed by atoms with Gasteiger partial charge in [0.2, 0.25) is 0 Å². The van der Waals surface area contributed by atoms with E-state index in [1.807, 2.05) is 42.5 Å². The maximum atomic E-state index is 9.29. The summed E-state index contributed by atoms with van der Waals surface area (Å²) in [4.78, 5) is 0. The molecule has 2 rings (SSSR count). The van der Waals surface area contributed by atoms with Gasteiger partial charge in [0, 0.05) is 0 Å². The first-order chi connectivity index (χ1) is 8.08. The van der Waals surface area contributed by atoms with Gasteiger partial charge < -0.3 is 9.53 Å². The minimum Gasteiger partial charge on any atom is -0.540 e. The smallest absolute Gasteiger partial charge is 0.276 e. The molecule has 2 aromatic carbocycles. The topological polar surface area (TPSA) is 29.5 Å². The second-order valence-electron chi connectivity index (χ2n) is 4.47. The molecule has 0 radical (unpaired) electrons. The lowest BCUT2D eigenvalue weighted by molar-refractivity contribution is 0.475. The van der Waals surface area contributed by atoms with Crippen molar-refractivity contribution in [2.75, 3.05) is 0 Å². The molecule has 0 amide bonds. The van der Waals surface area contributed by atoms with Crippen molar-refractivity contribution in [2.24, 2.45) is 0 Å². The highest BCUT2D eigenvalue weighted by Gasteiger charge is 2.27. The Kier molecular flexibility index (Phi) is 3.20. The molecule has 0 aromatic heterocycles. The van der Waals surface area contributed by atoms with E-state index in [0.29, 0.717) is 5.75 Å². The van der Waals surface area contributed by atoms with Crippen LogP contribution in [0.25, 0.3) is 0 Å². The van der Waals surface area contributed by atoms with E-state index in [-0.39, 0.29) is 0 Å². The predicted octanol–water partition coefficient (Wildman–Crippen LogP) is 2.88. The Morgan fingerprint density at radius 1 is 0.882 bits per heavy atom. The molecule has 0 aliphatic carbocycles. The third-order valence-electron chi connectivity index (χ3n) is 2.68. The quantitative estimate of drug-likeness (QED) is 0.841. The molecule has 17 heavy (non-hydrogen) atoms. The largest absolute Gasteiger partial charge is 0.540 e. The van der Waals surface area contributed by atoms with E-state index in [1.165, 1.54) is 5.19 Å². The van der Waals surface area contributed by atoms with Gasteiger partial charge >= 0.3 is 0 Å². The zero-order valence-corrected chi connectivity index (χ0v) is 11.1. The fourth-order valence-electron chi connectivity index (χ4n) is 1.70. The molecule has 1 N–H and O–H groups in total. The van der Waals surface area contributed by atoms with Crippen LogP contribution in [0.4, 0.5) is 0 Å². The van der Waals surface area contributed by atoms with Gasteiger partial charge in [0.25, 0.3) is 8.32 Å². The van der Waals surface area contributed by atoms with Gasteiger partial charge in [-0.25, -0.2) is 0 Å². The molecule has 0 spiro atoms. The Bertz CT molecular complexity index is 477. The summed E-state index contributed by atoms with van der Waals surface area (Å²) in [6.07, 6.45) is 0. The summed E-state index contributed by atoms with van der Waals surface area (Å²) in [5.41, 5.74) is 0. The van der Waals surface area contributed by atoms with E-state index in [2.05, 4.69) is 13.1 Å². The molecule has 2 nitrogen and oxygen atoms in total. The second-order valence-corrected chi connectivity index (χ2v) is 8.27. The summed E-state index contributed by atoms with van der Waals surface area (Å²) in [5.74, 6) is 1.19. The van der Waals surface area contributed by atoms with Crippen molar-refractivity contribution in [3.05, 3.63) is 54.6 Å². The summed E-state index contributed by atoms with van der Waals surface area (Å²) in [6.45, 7) is 4.29. The number of hydrogen-bond acceptors (Lipinski definition) is 2. The van der Waals surface area contributed by atoms with E-state index in [1.54, 1.807) is 12.1 Å². The predicted molar refractivity (Wildman–Crippen MR) is 72.3 cm³/mol. The lowest BCUT2D eigenvalue weighted by atomic mass is 10.3. The highest BCUT2D eigenvalue weighted by molar-refractivity contribution is 6.84. The van der Waals surface area contributed by atoms with E-state index in [9.17, 15) is 5.11 Å². The van der Waals surface area contributed by atoms with E-state index >= 15 is 0 Å². The van der Waals surface area contributed by atoms with Crippen LogP contribution >= 0.6 is 0 Å². The number of para-hydroxylation sites is 1. The fraction of sp³-hybridized carbons (Fsp3) is 0.143. The Hall–Kier alpha value is -1.74. The Morgan fingerprint density at radius 2 is 1.47 bits per heavy atom. The van der Waals surface area contributed by atoms with E-state index in [0.717, 1.165) is 5.75 Å². The van der Waals surface area contributed by atoms with Gasteiger partial charge in [-0.15, -0.1) is 0 Å². The number of aromatic hydroxyl groups is 1. The number of hydrogen-bond donors (Lipinski definition) is 1. The number of phenolic OH excluding ortho intramolecular Hbond substituents is 1. The number of rotatable bonds is 3. The van der Waals surface area contributed by atoms with Crippen molar-refractivity contribution in [3.63, 3.8) is 0 Å². The third-order valence-corrected chi connectivity index (χ3v) is 5.15. The highest BCUT2D eigenvalue weighted by Crippen LogP contribution is 2.16. The van der Waals surface area contributed by atoms with E-state index in [4.69, 9.17) is 4.43 Å². The molecule has 0 saturated heterocycles. The zero-order chi connectivity index (χ0) is 12.3. The van der Waals surface area contributed by atoms with Gasteiger partial charge in [0.15, 0.2) is 0 Å². The van der Waals surface area contributed by atoms with Gasteiger partial charge in [-0.3, -0.25) is 0 Å². The molecular formula is C14H16O2Si. The Labute approximate surface area is 103 Å². The molecule has 0 unspecified atom stereocenters. The van der Waals surface area contributed by atoms with Crippen molar-refractivity contribution in [1.29, 1.82) is 0 Å². The second kappa shape index (κ2) is 4.63. The molecule has 88 valence electrons. The average Bonchev–Trinajstić information content (AvgIpc) is 2.30. The van der Waals surface area contributed by atoms with Crippen LogP contribution in [0.1, 0.15) is 0 Å². The van der Waals surface area contributed by atoms with Crippen LogP contribution in [0.2, 0.25) is 13.1 Å². The molecule has 3 heteroatoms. The molecule has 2 aromatic rings. The van der Waals surface area contributed by atoms with Crippen LogP contribution in [0.15, 0.2) is 54.6 Å². The van der Waals surface area contributed by atoms with Crippen molar-refractivity contribution in [1.82, 2.24) is 0 Å². The monoisotopic (exact) mass is 244 g/mol. The molecule has 0 fully saturated rings. The van der Waals surface area contributed by atoms with Gasteiger partial charge in [-0.05, 0) is 42.5 Å². The standard InChI is InChI=1S/C14H16O2Si/c1-17(2,14-10-8-12(15)9-11-14)16-13-6-4-3-5-7-13/h3-11,15H,1-2H3. The third kappa shape index (κ3) is 2.88. The minimum absolute atomic E-state index is 0.290. The maximum absolute atomic E-state index is 9.29. The van der Waals surface area contributed by atoms with Crippen LogP contribution in [0, 0.1) is 0 Å². The normalized spacial score (nSPS) is 11.2. The van der Waals surface area contributed by atoms with Crippen LogP contribution in [-0.4, -0.2) is 13.4 Å². The van der Waals surface area contributed by atoms with Crippen LogP contribution in [-0.2, 0) is 0 Å². The summed E-state index contributed by atoms with van der Waals surface area (Å²) in [6, 6.07) is 17.1. The van der Waals surface area contributed by atoms with Crippen molar-refractivity contribution >= 4 is 13.5 Å². The first kappa shape index (κ1) is 11.7. The molecule has 0 atom stereocenters. The van der Waals surface area contributed by atoms with Crippen molar-refractivity contribution in [2.45, 2.75) is 13.1 Å². The highest BCUT2D eigenvalue weighted by atomic mass is 28.4. The van der Waals surface area contributed by atoms with E-state index < -0.39 is 8.32 Å². The molecular weight excluding hydrogens is 228 g/mol. The van der Waals surface area contributed by atoms with Crippen molar-refractivity contribution < 1.29 is 9.53 Å². The molecule has 0 saturated carbocycles. The van der Waals surface area contributed by atoms with Crippen molar-refractivity contribution in [3.8, 4) is 11.5 Å². The SMILES string of the molecule is C[Si](C)(Oc1ccccc1)c1ccc(O)cc1. The summed E-state index contributed by atoms with van der Waals surface area (Å²) in [7, 11) is -1.95. The Morgan fingerprint density at radius 3 is 2.06 bits per heavy atom. The summed E-state index contributed by atoms with van der Waals surface area (Å²) < 4.78 is 6.08. The first-order valence-corrected chi connectivity index (χ1v) is 8.52. The van der Waals surface area contributed by atoms with Gasteiger partial charge in [-0.2, -0.15) is 0 Å². The van der Waals surface area contributed by atoms with Gasteiger partial charge in [0.1, 0.15) is 11.5 Å². The number of phenols is 1. The summed E-state index contributed by atoms with van der Waals surface area (Å²) in [5, 5.41) is 10.5. The van der Waals surface area contributed by atoms with Crippen LogP contribution < -0.4 is 9.61 Å².